The largest absolute Gasteiger partial charge is 0.443 e. The smallest absolute Gasteiger partial charge is 0.293 e. The second kappa shape index (κ2) is 8.45. The third-order valence-electron chi connectivity index (χ3n) is 5.85. The topological polar surface area (TPSA) is 90.2 Å². The van der Waals surface area contributed by atoms with Crippen LogP contribution in [-0.4, -0.2) is 37.3 Å². The minimum absolute atomic E-state index is 0.196. The van der Waals surface area contributed by atoms with Crippen LogP contribution in [0.2, 0.25) is 0 Å². The van der Waals surface area contributed by atoms with Crippen molar-refractivity contribution in [3.8, 4) is 11.3 Å². The van der Waals surface area contributed by atoms with E-state index in [9.17, 15) is 4.79 Å². The van der Waals surface area contributed by atoms with Crippen molar-refractivity contribution in [1.29, 1.82) is 0 Å². The van der Waals surface area contributed by atoms with Crippen molar-refractivity contribution in [1.82, 2.24) is 24.8 Å². The molecule has 4 heterocycles. The molecule has 0 bridgehead atoms. The van der Waals surface area contributed by atoms with Gasteiger partial charge in [0.15, 0.2) is 0 Å². The first-order valence-corrected chi connectivity index (χ1v) is 10.9. The maximum Gasteiger partial charge on any atom is 0.293 e. The van der Waals surface area contributed by atoms with E-state index in [1.807, 2.05) is 38.4 Å². The summed E-state index contributed by atoms with van der Waals surface area (Å²) in [6.07, 6.45) is 7.05. The van der Waals surface area contributed by atoms with Gasteiger partial charge in [-0.15, -0.1) is 0 Å². The minimum Gasteiger partial charge on any atom is -0.443 e. The first kappa shape index (κ1) is 20.2. The van der Waals surface area contributed by atoms with Crippen molar-refractivity contribution in [2.75, 3.05) is 6.54 Å². The van der Waals surface area contributed by atoms with Crippen molar-refractivity contribution in [3.05, 3.63) is 77.5 Å². The summed E-state index contributed by atoms with van der Waals surface area (Å²) in [7, 11) is 1.85. The monoisotopic (exact) mass is 431 g/mol. The number of aryl methyl sites for hydroxylation is 2. The predicted molar refractivity (Wildman–Crippen MR) is 117 cm³/mol. The van der Waals surface area contributed by atoms with Gasteiger partial charge in [-0.1, -0.05) is 35.5 Å². The Morgan fingerprint density at radius 2 is 2.06 bits per heavy atom. The molecule has 0 saturated carbocycles. The van der Waals surface area contributed by atoms with Crippen molar-refractivity contribution in [3.63, 3.8) is 0 Å². The highest BCUT2D eigenvalue weighted by molar-refractivity contribution is 5.92. The SMILES string of the molecule is Cc1nn(C)cc1-c1cc(C(=O)N2CCCCC2c2ncc(Cc3ccccc3)o2)on1. The average Bonchev–Trinajstić information content (AvgIpc) is 3.54. The molecule has 8 nitrogen and oxygen atoms in total. The highest BCUT2D eigenvalue weighted by Gasteiger charge is 2.34. The van der Waals surface area contributed by atoms with Gasteiger partial charge in [-0.05, 0) is 31.7 Å². The first-order chi connectivity index (χ1) is 15.6. The van der Waals surface area contributed by atoms with E-state index in [2.05, 4.69) is 27.4 Å². The number of hydrogen-bond acceptors (Lipinski definition) is 6. The summed E-state index contributed by atoms with van der Waals surface area (Å²) in [4.78, 5) is 19.6. The number of oxazole rings is 1. The molecule has 0 N–H and O–H groups in total. The summed E-state index contributed by atoms with van der Waals surface area (Å²) in [5.74, 6) is 1.38. The van der Waals surface area contributed by atoms with Gasteiger partial charge in [-0.25, -0.2) is 4.98 Å². The van der Waals surface area contributed by atoms with E-state index in [-0.39, 0.29) is 17.7 Å². The molecule has 8 heteroatoms. The normalized spacial score (nSPS) is 16.4. The molecule has 1 amide bonds. The highest BCUT2D eigenvalue weighted by Crippen LogP contribution is 2.33. The van der Waals surface area contributed by atoms with Crippen LogP contribution in [0.3, 0.4) is 0 Å². The molecule has 4 aromatic rings. The van der Waals surface area contributed by atoms with E-state index < -0.39 is 0 Å². The van der Waals surface area contributed by atoms with E-state index >= 15 is 0 Å². The van der Waals surface area contributed by atoms with Gasteiger partial charge < -0.3 is 13.8 Å². The third-order valence-corrected chi connectivity index (χ3v) is 5.85. The van der Waals surface area contributed by atoms with E-state index in [0.717, 1.165) is 41.8 Å². The fourth-order valence-corrected chi connectivity index (χ4v) is 4.28. The Morgan fingerprint density at radius 1 is 1.22 bits per heavy atom. The number of nitrogens with zero attached hydrogens (tertiary/aromatic N) is 5. The summed E-state index contributed by atoms with van der Waals surface area (Å²) >= 11 is 0. The predicted octanol–water partition coefficient (Wildman–Crippen LogP) is 4.33. The van der Waals surface area contributed by atoms with Crippen molar-refractivity contribution < 1.29 is 13.7 Å². The fraction of sp³-hybridized carbons (Fsp3) is 0.333. The Balaban J connectivity index is 1.36. The Labute approximate surface area is 185 Å². The van der Waals surface area contributed by atoms with Gasteiger partial charge in [0.25, 0.3) is 5.91 Å². The van der Waals surface area contributed by atoms with Gasteiger partial charge in [-0.2, -0.15) is 5.10 Å². The van der Waals surface area contributed by atoms with Gasteiger partial charge in [0.05, 0.1) is 11.9 Å². The molecule has 1 saturated heterocycles. The molecule has 1 aromatic carbocycles. The average molecular weight is 431 g/mol. The molecule has 164 valence electrons. The van der Waals surface area contributed by atoms with Crippen LogP contribution in [0.1, 0.15) is 58.8 Å². The van der Waals surface area contributed by atoms with Crippen molar-refractivity contribution >= 4 is 5.91 Å². The number of likely N-dealkylation sites (tertiary alicyclic amines) is 1. The van der Waals surface area contributed by atoms with Crippen LogP contribution in [0.15, 0.2) is 57.7 Å². The van der Waals surface area contributed by atoms with Crippen LogP contribution in [-0.2, 0) is 13.5 Å². The van der Waals surface area contributed by atoms with Crippen LogP contribution in [0, 0.1) is 6.92 Å². The van der Waals surface area contributed by atoms with Crippen LogP contribution >= 0.6 is 0 Å². The number of piperidine rings is 1. The molecule has 0 spiro atoms. The van der Waals surface area contributed by atoms with Crippen LogP contribution < -0.4 is 0 Å². The van der Waals surface area contributed by atoms with E-state index in [1.54, 1.807) is 21.8 Å². The van der Waals surface area contributed by atoms with E-state index in [0.29, 0.717) is 24.6 Å². The molecule has 1 fully saturated rings. The maximum atomic E-state index is 13.3. The second-order valence-corrected chi connectivity index (χ2v) is 8.22. The number of amides is 1. The molecule has 5 rings (SSSR count). The summed E-state index contributed by atoms with van der Waals surface area (Å²) in [5, 5.41) is 8.44. The molecule has 3 aromatic heterocycles. The molecule has 1 atom stereocenters. The van der Waals surface area contributed by atoms with Crippen molar-refractivity contribution in [2.24, 2.45) is 7.05 Å². The van der Waals surface area contributed by atoms with Gasteiger partial charge in [0.1, 0.15) is 17.5 Å². The Bertz CT molecular complexity index is 1220. The molecular weight excluding hydrogens is 406 g/mol. The van der Waals surface area contributed by atoms with Crippen LogP contribution in [0.4, 0.5) is 0 Å². The van der Waals surface area contributed by atoms with E-state index in [1.165, 1.54) is 0 Å². The number of carbonyl (C=O) groups excluding carboxylic acids is 1. The zero-order valence-corrected chi connectivity index (χ0v) is 18.2. The second-order valence-electron chi connectivity index (χ2n) is 8.22. The summed E-state index contributed by atoms with van der Waals surface area (Å²) in [6.45, 7) is 2.53. The number of benzene rings is 1. The molecule has 1 aliphatic heterocycles. The molecule has 0 radical (unpaired) electrons. The lowest BCUT2D eigenvalue weighted by atomic mass is 10.0. The Hall–Kier alpha value is -3.68. The van der Waals surface area contributed by atoms with Gasteiger partial charge in [-0.3, -0.25) is 9.48 Å². The van der Waals surface area contributed by atoms with Gasteiger partial charge >= 0.3 is 0 Å². The molecule has 32 heavy (non-hydrogen) atoms. The van der Waals surface area contributed by atoms with Crippen LogP contribution in [0.5, 0.6) is 0 Å². The molecule has 0 aliphatic carbocycles. The van der Waals surface area contributed by atoms with E-state index in [4.69, 9.17) is 8.94 Å². The lowest BCUT2D eigenvalue weighted by molar-refractivity contribution is 0.0528. The Kier molecular flexibility index (Phi) is 5.34. The fourth-order valence-electron chi connectivity index (χ4n) is 4.28. The first-order valence-electron chi connectivity index (χ1n) is 10.9. The van der Waals surface area contributed by atoms with Crippen LogP contribution in [0.25, 0.3) is 11.3 Å². The summed E-state index contributed by atoms with van der Waals surface area (Å²) < 4.78 is 13.2. The van der Waals surface area contributed by atoms with Gasteiger partial charge in [0.2, 0.25) is 11.7 Å². The molecule has 1 unspecified atom stereocenters. The third kappa shape index (κ3) is 3.95. The number of hydrogen-bond donors (Lipinski definition) is 0. The standard InChI is InChI=1S/C24H25N5O3/c1-16-19(15-28(2)26-16)20-13-22(32-27-20)24(30)29-11-7-6-10-21(29)23-25-14-18(31-23)12-17-8-4-3-5-9-17/h3-5,8-9,13-15,21H,6-7,10-12H2,1-2H3. The highest BCUT2D eigenvalue weighted by atomic mass is 16.5. The lowest BCUT2D eigenvalue weighted by Gasteiger charge is -2.32. The number of carbonyl (C=O) groups is 1. The lowest BCUT2D eigenvalue weighted by Crippen LogP contribution is -2.38. The van der Waals surface area contributed by atoms with Crippen molar-refractivity contribution in [2.45, 2.75) is 38.6 Å². The summed E-state index contributed by atoms with van der Waals surface area (Å²) in [6, 6.07) is 11.6. The quantitative estimate of drug-likeness (QED) is 0.467. The zero-order valence-electron chi connectivity index (χ0n) is 18.2. The number of aromatic nitrogens is 4. The summed E-state index contributed by atoms with van der Waals surface area (Å²) in [5.41, 5.74) is 3.45. The zero-order chi connectivity index (χ0) is 22.1. The molecular formula is C24H25N5O3. The number of rotatable bonds is 5. The molecule has 1 aliphatic rings. The van der Waals surface area contributed by atoms with Gasteiger partial charge in [0, 0.05) is 37.8 Å². The maximum absolute atomic E-state index is 13.3. The Morgan fingerprint density at radius 3 is 2.84 bits per heavy atom. The minimum atomic E-state index is -0.213.